The van der Waals surface area contributed by atoms with Crippen molar-refractivity contribution in [1.29, 1.82) is 0 Å². The molecule has 2 heterocycles. The van der Waals surface area contributed by atoms with Crippen LogP contribution in [0.1, 0.15) is 11.1 Å². The SMILES string of the molecule is Cc1ccc(Nc2nccc(-c3ccccn3)n2)c(C)c1. The third-order valence-electron chi connectivity index (χ3n) is 3.21. The zero-order valence-electron chi connectivity index (χ0n) is 12.0. The van der Waals surface area contributed by atoms with E-state index in [2.05, 4.69) is 46.2 Å². The fourth-order valence-corrected chi connectivity index (χ4v) is 2.15. The summed E-state index contributed by atoms with van der Waals surface area (Å²) in [5.41, 5.74) is 5.06. The second kappa shape index (κ2) is 5.71. The maximum Gasteiger partial charge on any atom is 0.227 e. The fraction of sp³-hybridized carbons (Fsp3) is 0.118. The van der Waals surface area contributed by atoms with Gasteiger partial charge in [-0.2, -0.15) is 0 Å². The van der Waals surface area contributed by atoms with Gasteiger partial charge in [-0.05, 0) is 43.7 Å². The van der Waals surface area contributed by atoms with Gasteiger partial charge in [0, 0.05) is 18.1 Å². The minimum Gasteiger partial charge on any atom is -0.324 e. The van der Waals surface area contributed by atoms with E-state index < -0.39 is 0 Å². The highest BCUT2D eigenvalue weighted by Gasteiger charge is 2.05. The molecule has 2 aromatic heterocycles. The molecular weight excluding hydrogens is 260 g/mol. The van der Waals surface area contributed by atoms with Gasteiger partial charge >= 0.3 is 0 Å². The lowest BCUT2D eigenvalue weighted by Crippen LogP contribution is -2.00. The first-order chi connectivity index (χ1) is 10.2. The Kier molecular flexibility index (Phi) is 3.60. The first-order valence-electron chi connectivity index (χ1n) is 6.81. The predicted octanol–water partition coefficient (Wildman–Crippen LogP) is 3.90. The summed E-state index contributed by atoms with van der Waals surface area (Å²) < 4.78 is 0. The molecule has 0 aliphatic carbocycles. The Morgan fingerprint density at radius 3 is 2.52 bits per heavy atom. The average molecular weight is 276 g/mol. The summed E-state index contributed by atoms with van der Waals surface area (Å²) >= 11 is 0. The van der Waals surface area contributed by atoms with Crippen molar-refractivity contribution in [1.82, 2.24) is 15.0 Å². The number of aryl methyl sites for hydroxylation is 2. The van der Waals surface area contributed by atoms with Crippen molar-refractivity contribution in [2.24, 2.45) is 0 Å². The number of pyridine rings is 1. The largest absolute Gasteiger partial charge is 0.324 e. The molecule has 4 heteroatoms. The van der Waals surface area contributed by atoms with Crippen LogP contribution in [0.5, 0.6) is 0 Å². The number of hydrogen-bond acceptors (Lipinski definition) is 4. The third kappa shape index (κ3) is 3.05. The van der Waals surface area contributed by atoms with Crippen LogP contribution in [0.3, 0.4) is 0 Å². The van der Waals surface area contributed by atoms with Crippen molar-refractivity contribution >= 4 is 11.6 Å². The number of hydrogen-bond donors (Lipinski definition) is 1. The van der Waals surface area contributed by atoms with Crippen LogP contribution >= 0.6 is 0 Å². The third-order valence-corrected chi connectivity index (χ3v) is 3.21. The van der Waals surface area contributed by atoms with Crippen molar-refractivity contribution in [3.05, 3.63) is 66.0 Å². The monoisotopic (exact) mass is 276 g/mol. The summed E-state index contributed by atoms with van der Waals surface area (Å²) in [5, 5.41) is 3.26. The van der Waals surface area contributed by atoms with Gasteiger partial charge in [-0.1, -0.05) is 23.8 Å². The van der Waals surface area contributed by atoms with Gasteiger partial charge in [0.2, 0.25) is 5.95 Å². The highest BCUT2D eigenvalue weighted by Crippen LogP contribution is 2.21. The molecule has 0 aliphatic rings. The van der Waals surface area contributed by atoms with Gasteiger partial charge in [-0.25, -0.2) is 9.97 Å². The topological polar surface area (TPSA) is 50.7 Å². The molecule has 0 fully saturated rings. The minimum atomic E-state index is 0.574. The van der Waals surface area contributed by atoms with E-state index in [1.54, 1.807) is 12.4 Å². The number of nitrogens with zero attached hydrogens (tertiary/aromatic N) is 3. The highest BCUT2D eigenvalue weighted by atomic mass is 15.1. The van der Waals surface area contributed by atoms with Crippen LogP contribution < -0.4 is 5.32 Å². The van der Waals surface area contributed by atoms with Gasteiger partial charge in [-0.15, -0.1) is 0 Å². The predicted molar refractivity (Wildman–Crippen MR) is 84.5 cm³/mol. The van der Waals surface area contributed by atoms with E-state index in [1.807, 2.05) is 30.3 Å². The van der Waals surface area contributed by atoms with Crippen molar-refractivity contribution in [3.63, 3.8) is 0 Å². The Labute approximate surface area is 123 Å². The van der Waals surface area contributed by atoms with Crippen molar-refractivity contribution < 1.29 is 0 Å². The van der Waals surface area contributed by atoms with Crippen LogP contribution in [-0.2, 0) is 0 Å². The summed E-state index contributed by atoms with van der Waals surface area (Å²) in [6.07, 6.45) is 3.50. The molecule has 21 heavy (non-hydrogen) atoms. The molecule has 0 spiro atoms. The van der Waals surface area contributed by atoms with Gasteiger partial charge in [0.05, 0.1) is 11.4 Å². The molecule has 0 amide bonds. The lowest BCUT2D eigenvalue weighted by atomic mass is 10.1. The molecule has 1 N–H and O–H groups in total. The smallest absolute Gasteiger partial charge is 0.227 e. The highest BCUT2D eigenvalue weighted by molar-refractivity contribution is 5.61. The minimum absolute atomic E-state index is 0.574. The molecule has 1 aromatic carbocycles. The Morgan fingerprint density at radius 1 is 0.857 bits per heavy atom. The zero-order valence-corrected chi connectivity index (χ0v) is 12.0. The second-order valence-corrected chi connectivity index (χ2v) is 4.92. The summed E-state index contributed by atoms with van der Waals surface area (Å²) in [6.45, 7) is 4.15. The molecule has 3 aromatic rings. The first kappa shape index (κ1) is 13.2. The van der Waals surface area contributed by atoms with Crippen LogP contribution in [-0.4, -0.2) is 15.0 Å². The van der Waals surface area contributed by atoms with E-state index in [4.69, 9.17) is 0 Å². The first-order valence-corrected chi connectivity index (χ1v) is 6.81. The van der Waals surface area contributed by atoms with Crippen molar-refractivity contribution in [3.8, 4) is 11.4 Å². The Bertz CT molecular complexity index is 754. The summed E-state index contributed by atoms with van der Waals surface area (Å²) in [6, 6.07) is 13.9. The Morgan fingerprint density at radius 2 is 1.76 bits per heavy atom. The van der Waals surface area contributed by atoms with Crippen LogP contribution in [0.2, 0.25) is 0 Å². The number of nitrogens with one attached hydrogen (secondary N) is 1. The van der Waals surface area contributed by atoms with Gasteiger partial charge in [0.1, 0.15) is 0 Å². The Balaban J connectivity index is 1.90. The summed E-state index contributed by atoms with van der Waals surface area (Å²) in [4.78, 5) is 13.1. The summed E-state index contributed by atoms with van der Waals surface area (Å²) in [7, 11) is 0. The number of aromatic nitrogens is 3. The van der Waals surface area contributed by atoms with Crippen molar-refractivity contribution in [2.45, 2.75) is 13.8 Å². The maximum absolute atomic E-state index is 4.52. The van der Waals surface area contributed by atoms with Gasteiger partial charge in [0.15, 0.2) is 0 Å². The molecule has 104 valence electrons. The lowest BCUT2D eigenvalue weighted by Gasteiger charge is -2.09. The number of rotatable bonds is 3. The molecule has 0 atom stereocenters. The van der Waals surface area contributed by atoms with E-state index in [-0.39, 0.29) is 0 Å². The van der Waals surface area contributed by atoms with Gasteiger partial charge in [-0.3, -0.25) is 4.98 Å². The Hall–Kier alpha value is -2.75. The van der Waals surface area contributed by atoms with Crippen LogP contribution in [0.15, 0.2) is 54.9 Å². The van der Waals surface area contributed by atoms with E-state index >= 15 is 0 Å². The molecule has 3 rings (SSSR count). The van der Waals surface area contributed by atoms with Gasteiger partial charge < -0.3 is 5.32 Å². The average Bonchev–Trinajstić information content (AvgIpc) is 2.51. The number of anilines is 2. The van der Waals surface area contributed by atoms with Crippen molar-refractivity contribution in [2.75, 3.05) is 5.32 Å². The molecular formula is C17H16N4. The van der Waals surface area contributed by atoms with Crippen LogP contribution in [0.25, 0.3) is 11.4 Å². The van der Waals surface area contributed by atoms with E-state index in [1.165, 1.54) is 11.1 Å². The van der Waals surface area contributed by atoms with Crippen LogP contribution in [0, 0.1) is 13.8 Å². The molecule has 0 aliphatic heterocycles. The standard InChI is InChI=1S/C17H16N4/c1-12-6-7-14(13(2)11-12)20-17-19-10-8-16(21-17)15-5-3-4-9-18-15/h3-11H,1-2H3,(H,19,20,21). The fourth-order valence-electron chi connectivity index (χ4n) is 2.15. The molecule has 0 saturated heterocycles. The van der Waals surface area contributed by atoms with Crippen LogP contribution in [0.4, 0.5) is 11.6 Å². The van der Waals surface area contributed by atoms with E-state index in [0.717, 1.165) is 17.1 Å². The second-order valence-electron chi connectivity index (χ2n) is 4.92. The zero-order chi connectivity index (χ0) is 14.7. The quantitative estimate of drug-likeness (QED) is 0.788. The molecule has 0 unspecified atom stereocenters. The van der Waals surface area contributed by atoms with E-state index in [9.17, 15) is 0 Å². The molecule has 0 saturated carbocycles. The molecule has 0 radical (unpaired) electrons. The number of benzene rings is 1. The summed E-state index contributed by atoms with van der Waals surface area (Å²) in [5.74, 6) is 0.574. The maximum atomic E-state index is 4.52. The molecule has 0 bridgehead atoms. The normalized spacial score (nSPS) is 10.4. The van der Waals surface area contributed by atoms with Gasteiger partial charge in [0.25, 0.3) is 0 Å². The lowest BCUT2D eigenvalue weighted by molar-refractivity contribution is 1.15. The van der Waals surface area contributed by atoms with E-state index in [0.29, 0.717) is 5.95 Å². The molecule has 4 nitrogen and oxygen atoms in total.